The average molecular weight is 556 g/mol. The van der Waals surface area contributed by atoms with Crippen LogP contribution in [-0.4, -0.2) is 49.3 Å². The molecule has 3 N–H and O–H groups in total. The Kier molecular flexibility index (Phi) is 7.95. The first-order valence-corrected chi connectivity index (χ1v) is 11.6. The fourth-order valence-electron chi connectivity index (χ4n) is 4.20. The van der Waals surface area contributed by atoms with Crippen LogP contribution in [0, 0.1) is 5.41 Å². The van der Waals surface area contributed by atoms with Gasteiger partial charge in [0.2, 0.25) is 0 Å². The summed E-state index contributed by atoms with van der Waals surface area (Å²) in [6.45, 7) is 9.35. The van der Waals surface area contributed by atoms with Gasteiger partial charge in [0.05, 0.1) is 4.47 Å². The Labute approximate surface area is 210 Å². The van der Waals surface area contributed by atoms with Crippen molar-refractivity contribution in [2.45, 2.75) is 72.1 Å². The Hall–Kier alpha value is -3.08. The topological polar surface area (TPSA) is 155 Å². The minimum absolute atomic E-state index is 0.0768. The zero-order chi connectivity index (χ0) is 26.9. The highest BCUT2D eigenvalue weighted by atomic mass is 79.9. The van der Waals surface area contributed by atoms with Gasteiger partial charge in [-0.25, -0.2) is 14.4 Å². The van der Waals surface area contributed by atoms with Gasteiger partial charge in [-0.3, -0.25) is 9.69 Å². The van der Waals surface area contributed by atoms with E-state index in [1.807, 2.05) is 0 Å². The van der Waals surface area contributed by atoms with Gasteiger partial charge in [0.15, 0.2) is 0 Å². The molecule has 0 fully saturated rings. The standard InChI is InChI=1S/C24H30BrNO9/c1-22(2,3)24(20(31)32,8-7-18(28)29)26(23(4,5)6)21(33)34-12-13-9-19(30)35-17-11-16(27)15(25)10-14(13)17/h9-11,27H,7-8,12H2,1-6H3,(H,28,29)(H,31,32)/t24-/m0/s1. The molecule has 0 bridgehead atoms. The molecule has 1 amide bonds. The molecule has 1 heterocycles. The predicted molar refractivity (Wildman–Crippen MR) is 130 cm³/mol. The Balaban J connectivity index is 2.57. The molecular weight excluding hydrogens is 526 g/mol. The Morgan fingerprint density at radius 1 is 1.06 bits per heavy atom. The fourth-order valence-corrected chi connectivity index (χ4v) is 4.54. The van der Waals surface area contributed by atoms with Crippen LogP contribution in [0.4, 0.5) is 4.79 Å². The zero-order valence-corrected chi connectivity index (χ0v) is 22.1. The molecule has 2 aromatic rings. The van der Waals surface area contributed by atoms with Crippen LogP contribution in [0.2, 0.25) is 0 Å². The molecule has 0 saturated carbocycles. The Morgan fingerprint density at radius 2 is 1.66 bits per heavy atom. The van der Waals surface area contributed by atoms with Crippen molar-refractivity contribution in [1.82, 2.24) is 4.90 Å². The van der Waals surface area contributed by atoms with E-state index in [1.165, 1.54) is 12.1 Å². The number of aliphatic carboxylic acids is 2. The number of fused-ring (bicyclic) bond motifs is 1. The number of ether oxygens (including phenoxy) is 1. The van der Waals surface area contributed by atoms with Crippen LogP contribution in [0.25, 0.3) is 11.0 Å². The second-order valence-electron chi connectivity index (χ2n) is 10.3. The average Bonchev–Trinajstić information content (AvgIpc) is 2.68. The number of carbonyl (C=O) groups is 3. The quantitative estimate of drug-likeness (QED) is 0.411. The van der Waals surface area contributed by atoms with E-state index in [2.05, 4.69) is 15.9 Å². The number of benzene rings is 1. The molecule has 0 aliphatic heterocycles. The Morgan fingerprint density at radius 3 is 2.14 bits per heavy atom. The van der Waals surface area contributed by atoms with Crippen LogP contribution >= 0.6 is 15.9 Å². The van der Waals surface area contributed by atoms with Gasteiger partial charge in [-0.2, -0.15) is 0 Å². The van der Waals surface area contributed by atoms with E-state index < -0.39 is 53.2 Å². The number of carboxylic acid groups (broad SMARTS) is 2. The highest BCUT2D eigenvalue weighted by molar-refractivity contribution is 9.10. The third-order valence-corrected chi connectivity index (χ3v) is 6.41. The number of hydrogen-bond donors (Lipinski definition) is 3. The summed E-state index contributed by atoms with van der Waals surface area (Å²) in [7, 11) is 0. The lowest BCUT2D eigenvalue weighted by Crippen LogP contribution is -2.69. The number of carbonyl (C=O) groups excluding carboxylic acids is 1. The summed E-state index contributed by atoms with van der Waals surface area (Å²) in [4.78, 5) is 50.7. The molecule has 0 spiro atoms. The van der Waals surface area contributed by atoms with Gasteiger partial charge in [-0.1, -0.05) is 20.8 Å². The van der Waals surface area contributed by atoms with Crippen molar-refractivity contribution >= 4 is 44.9 Å². The molecule has 0 radical (unpaired) electrons. The first-order valence-electron chi connectivity index (χ1n) is 10.8. The van der Waals surface area contributed by atoms with Gasteiger partial charge in [0.25, 0.3) is 0 Å². The number of halogens is 1. The Bertz CT molecular complexity index is 1210. The second-order valence-corrected chi connectivity index (χ2v) is 11.1. The molecule has 0 aliphatic carbocycles. The van der Waals surface area contributed by atoms with Gasteiger partial charge in [-0.05, 0) is 54.6 Å². The molecular formula is C24H30BrNO9. The molecule has 0 unspecified atom stereocenters. The van der Waals surface area contributed by atoms with Crippen molar-refractivity contribution in [2.24, 2.45) is 5.41 Å². The predicted octanol–water partition coefficient (Wildman–Crippen LogP) is 4.73. The van der Waals surface area contributed by atoms with E-state index in [-0.39, 0.29) is 23.3 Å². The summed E-state index contributed by atoms with van der Waals surface area (Å²) in [5.41, 5.74) is -4.45. The minimum Gasteiger partial charge on any atom is -0.507 e. The second kappa shape index (κ2) is 9.88. The summed E-state index contributed by atoms with van der Waals surface area (Å²) in [5.74, 6) is -2.70. The van der Waals surface area contributed by atoms with E-state index in [4.69, 9.17) is 9.15 Å². The molecule has 1 aromatic heterocycles. The van der Waals surface area contributed by atoms with Crippen LogP contribution in [0.1, 0.15) is 59.9 Å². The van der Waals surface area contributed by atoms with Crippen LogP contribution in [0.3, 0.4) is 0 Å². The van der Waals surface area contributed by atoms with E-state index in [1.54, 1.807) is 41.5 Å². The maximum atomic E-state index is 13.5. The van der Waals surface area contributed by atoms with Gasteiger partial charge in [-0.15, -0.1) is 0 Å². The van der Waals surface area contributed by atoms with Gasteiger partial charge in [0, 0.05) is 35.0 Å². The number of phenols is 1. The molecule has 0 saturated heterocycles. The lowest BCUT2D eigenvalue weighted by atomic mass is 9.68. The van der Waals surface area contributed by atoms with Crippen molar-refractivity contribution < 1.29 is 38.9 Å². The lowest BCUT2D eigenvalue weighted by molar-refractivity contribution is -0.166. The van der Waals surface area contributed by atoms with E-state index in [0.717, 1.165) is 11.0 Å². The first-order chi connectivity index (χ1) is 15.9. The molecule has 10 nitrogen and oxygen atoms in total. The summed E-state index contributed by atoms with van der Waals surface area (Å²) in [6, 6.07) is 3.88. The van der Waals surface area contributed by atoms with E-state index >= 15 is 0 Å². The summed E-state index contributed by atoms with van der Waals surface area (Å²) in [5, 5.41) is 29.9. The van der Waals surface area contributed by atoms with Gasteiger partial charge >= 0.3 is 23.7 Å². The highest BCUT2D eigenvalue weighted by Gasteiger charge is 2.58. The number of phenolic OH excluding ortho intramolecular Hbond substituents is 1. The van der Waals surface area contributed by atoms with Crippen LogP contribution in [0.15, 0.2) is 31.9 Å². The first kappa shape index (κ1) is 28.2. The number of rotatable bonds is 7. The largest absolute Gasteiger partial charge is 0.507 e. The zero-order valence-electron chi connectivity index (χ0n) is 20.5. The monoisotopic (exact) mass is 555 g/mol. The number of amides is 1. The number of nitrogens with zero attached hydrogens (tertiary/aromatic N) is 1. The van der Waals surface area contributed by atoms with Crippen molar-refractivity contribution in [3.05, 3.63) is 38.7 Å². The minimum atomic E-state index is -1.92. The van der Waals surface area contributed by atoms with Crippen molar-refractivity contribution in [3.8, 4) is 5.75 Å². The molecule has 35 heavy (non-hydrogen) atoms. The van der Waals surface area contributed by atoms with E-state index in [0.29, 0.717) is 9.86 Å². The molecule has 2 rings (SSSR count). The molecule has 1 atom stereocenters. The smallest absolute Gasteiger partial charge is 0.411 e. The maximum Gasteiger partial charge on any atom is 0.411 e. The highest BCUT2D eigenvalue weighted by Crippen LogP contribution is 2.44. The molecule has 1 aromatic carbocycles. The summed E-state index contributed by atoms with van der Waals surface area (Å²) < 4.78 is 11.0. The van der Waals surface area contributed by atoms with Crippen LogP contribution in [-0.2, 0) is 20.9 Å². The van der Waals surface area contributed by atoms with Crippen LogP contribution in [0.5, 0.6) is 5.75 Å². The lowest BCUT2D eigenvalue weighted by Gasteiger charge is -2.53. The van der Waals surface area contributed by atoms with E-state index in [9.17, 15) is 34.5 Å². The van der Waals surface area contributed by atoms with Crippen LogP contribution < -0.4 is 5.63 Å². The number of hydrogen-bond acceptors (Lipinski definition) is 7. The molecule has 11 heteroatoms. The van der Waals surface area contributed by atoms with Crippen molar-refractivity contribution in [1.29, 1.82) is 0 Å². The third kappa shape index (κ3) is 5.77. The van der Waals surface area contributed by atoms with Gasteiger partial charge in [0.1, 0.15) is 23.5 Å². The van der Waals surface area contributed by atoms with Crippen molar-refractivity contribution in [3.63, 3.8) is 0 Å². The SMILES string of the molecule is CC(C)(C)N(C(=O)OCc1cc(=O)oc2cc(O)c(Br)cc12)[C@@](CCC(=O)O)(C(=O)O)C(C)(C)C. The summed E-state index contributed by atoms with van der Waals surface area (Å²) >= 11 is 3.19. The number of carboxylic acids is 2. The number of aromatic hydroxyl groups is 1. The summed E-state index contributed by atoms with van der Waals surface area (Å²) in [6.07, 6.45) is -1.82. The normalized spacial score (nSPS) is 13.8. The third-order valence-electron chi connectivity index (χ3n) is 5.78. The fraction of sp³-hybridized carbons (Fsp3) is 0.500. The molecule has 0 aliphatic rings. The van der Waals surface area contributed by atoms with Crippen molar-refractivity contribution in [2.75, 3.05) is 0 Å². The van der Waals surface area contributed by atoms with Gasteiger partial charge < -0.3 is 24.5 Å². The maximum absolute atomic E-state index is 13.5. The molecule has 192 valence electrons.